The molecule has 0 radical (unpaired) electrons. The second-order valence-electron chi connectivity index (χ2n) is 8.13. The summed E-state index contributed by atoms with van der Waals surface area (Å²) in [7, 11) is 0. The standard InChI is InChI=1S/C26H21FN4O3/c27-20-7-4-8-21-25(20)26(34)30(24-14-28-16-31(21)24)15-22(32)18-9-11-19(12-10-18)29-23(33)13-17-5-2-1-3-6-17/h2,4-12,14,16H,1,3,13,15H2,(H,29,33). The molecule has 4 aromatic rings. The van der Waals surface area contributed by atoms with Crippen LogP contribution >= 0.6 is 0 Å². The summed E-state index contributed by atoms with van der Waals surface area (Å²) < 4.78 is 17.3. The zero-order valence-corrected chi connectivity index (χ0v) is 18.2. The number of carbonyl (C=O) groups excluding carboxylic acids is 2. The number of hydrogen-bond acceptors (Lipinski definition) is 4. The molecule has 1 amide bonds. The number of amides is 1. The fourth-order valence-corrected chi connectivity index (χ4v) is 4.15. The number of halogens is 1. The van der Waals surface area contributed by atoms with Gasteiger partial charge >= 0.3 is 0 Å². The molecule has 34 heavy (non-hydrogen) atoms. The van der Waals surface area contributed by atoms with E-state index >= 15 is 0 Å². The number of imidazole rings is 1. The van der Waals surface area contributed by atoms with Gasteiger partial charge in [-0.05, 0) is 54.8 Å². The van der Waals surface area contributed by atoms with Crippen LogP contribution in [0.4, 0.5) is 10.1 Å². The molecule has 1 aliphatic carbocycles. The van der Waals surface area contributed by atoms with Crippen LogP contribution in [0.2, 0.25) is 0 Å². The van der Waals surface area contributed by atoms with E-state index < -0.39 is 11.4 Å². The van der Waals surface area contributed by atoms with E-state index in [1.807, 2.05) is 6.08 Å². The number of fused-ring (bicyclic) bond motifs is 3. The van der Waals surface area contributed by atoms with Crippen LogP contribution in [0.25, 0.3) is 16.6 Å². The number of carbonyl (C=O) groups is 2. The van der Waals surface area contributed by atoms with E-state index in [0.29, 0.717) is 28.8 Å². The molecule has 0 atom stereocenters. The molecule has 0 unspecified atom stereocenters. The van der Waals surface area contributed by atoms with E-state index in [2.05, 4.69) is 22.5 Å². The maximum absolute atomic E-state index is 14.4. The summed E-state index contributed by atoms with van der Waals surface area (Å²) in [5.74, 6) is -1.11. The van der Waals surface area contributed by atoms with Crippen LogP contribution in [-0.2, 0) is 11.3 Å². The second-order valence-corrected chi connectivity index (χ2v) is 8.13. The van der Waals surface area contributed by atoms with Crippen molar-refractivity contribution < 1.29 is 14.0 Å². The predicted octanol–water partition coefficient (Wildman–Crippen LogP) is 4.28. The first-order valence-corrected chi connectivity index (χ1v) is 10.9. The molecule has 170 valence electrons. The molecular formula is C26H21FN4O3. The number of benzene rings is 2. The van der Waals surface area contributed by atoms with Crippen molar-refractivity contribution in [1.82, 2.24) is 14.0 Å². The van der Waals surface area contributed by atoms with Gasteiger partial charge in [-0.25, -0.2) is 9.37 Å². The molecule has 7 nitrogen and oxygen atoms in total. The fourth-order valence-electron chi connectivity index (χ4n) is 4.15. The number of hydrogen-bond donors (Lipinski definition) is 1. The van der Waals surface area contributed by atoms with E-state index in [-0.39, 0.29) is 23.6 Å². The number of anilines is 1. The third-order valence-electron chi connectivity index (χ3n) is 5.83. The van der Waals surface area contributed by atoms with Crippen LogP contribution in [0.3, 0.4) is 0 Å². The van der Waals surface area contributed by atoms with Crippen LogP contribution in [0.15, 0.2) is 83.6 Å². The van der Waals surface area contributed by atoms with Crippen molar-refractivity contribution >= 4 is 33.9 Å². The molecule has 0 saturated carbocycles. The van der Waals surface area contributed by atoms with Crippen molar-refractivity contribution in [3.63, 3.8) is 0 Å². The predicted molar refractivity (Wildman–Crippen MR) is 127 cm³/mol. The van der Waals surface area contributed by atoms with Crippen molar-refractivity contribution in [2.24, 2.45) is 0 Å². The van der Waals surface area contributed by atoms with Crippen molar-refractivity contribution in [3.05, 3.63) is 101 Å². The average molecular weight is 456 g/mol. The number of Topliss-reactive ketones (excluding diaryl/α,β-unsaturated/α-hetero) is 1. The second kappa shape index (κ2) is 8.90. The van der Waals surface area contributed by atoms with Crippen LogP contribution in [-0.4, -0.2) is 25.6 Å². The van der Waals surface area contributed by atoms with Gasteiger partial charge in [0, 0.05) is 11.3 Å². The Balaban J connectivity index is 1.36. The minimum absolute atomic E-state index is 0.0956. The Morgan fingerprint density at radius 2 is 1.91 bits per heavy atom. The minimum atomic E-state index is -0.654. The molecular weight excluding hydrogens is 435 g/mol. The zero-order chi connectivity index (χ0) is 23.7. The smallest absolute Gasteiger partial charge is 0.264 e. The fraction of sp³-hybridized carbons (Fsp3) is 0.154. The number of nitrogens with zero attached hydrogens (tertiary/aromatic N) is 3. The van der Waals surface area contributed by atoms with Gasteiger partial charge < -0.3 is 5.32 Å². The third-order valence-corrected chi connectivity index (χ3v) is 5.83. The highest BCUT2D eigenvalue weighted by Gasteiger charge is 2.17. The Hall–Kier alpha value is -4.33. The molecule has 0 fully saturated rings. The molecule has 5 rings (SSSR count). The Labute approximate surface area is 193 Å². The van der Waals surface area contributed by atoms with Gasteiger partial charge in [0.1, 0.15) is 17.8 Å². The SMILES string of the molecule is O=C(CC1=CCCC=C1)Nc1ccc(C(=O)Cn2c(=O)c3c(F)cccc3n3cncc23)cc1. The monoisotopic (exact) mass is 456 g/mol. The maximum Gasteiger partial charge on any atom is 0.264 e. The summed E-state index contributed by atoms with van der Waals surface area (Å²) in [4.78, 5) is 42.4. The Kier molecular flexibility index (Phi) is 5.63. The highest BCUT2D eigenvalue weighted by molar-refractivity contribution is 5.98. The Morgan fingerprint density at radius 3 is 2.68 bits per heavy atom. The molecule has 1 N–H and O–H groups in total. The van der Waals surface area contributed by atoms with E-state index in [1.165, 1.54) is 29.2 Å². The number of ketones is 1. The lowest BCUT2D eigenvalue weighted by Gasteiger charge is -2.12. The number of nitrogens with one attached hydrogen (secondary N) is 1. The Bertz CT molecular complexity index is 1540. The first kappa shape index (κ1) is 21.5. The quantitative estimate of drug-likeness (QED) is 0.439. The van der Waals surface area contributed by atoms with Gasteiger partial charge in [-0.1, -0.05) is 24.3 Å². The minimum Gasteiger partial charge on any atom is -0.326 e. The molecule has 2 heterocycles. The summed E-state index contributed by atoms with van der Waals surface area (Å²) >= 11 is 0. The van der Waals surface area contributed by atoms with Gasteiger partial charge in [-0.15, -0.1) is 0 Å². The lowest BCUT2D eigenvalue weighted by atomic mass is 10.0. The number of allylic oxidation sites excluding steroid dienone is 3. The van der Waals surface area contributed by atoms with E-state index in [4.69, 9.17) is 0 Å². The maximum atomic E-state index is 14.4. The largest absolute Gasteiger partial charge is 0.326 e. The van der Waals surface area contributed by atoms with Crippen molar-refractivity contribution in [3.8, 4) is 0 Å². The highest BCUT2D eigenvalue weighted by atomic mass is 19.1. The van der Waals surface area contributed by atoms with E-state index in [9.17, 15) is 18.8 Å². The van der Waals surface area contributed by atoms with E-state index in [1.54, 1.807) is 34.7 Å². The van der Waals surface area contributed by atoms with Crippen LogP contribution in [0, 0.1) is 5.82 Å². The Morgan fingerprint density at radius 1 is 1.09 bits per heavy atom. The lowest BCUT2D eigenvalue weighted by molar-refractivity contribution is -0.115. The summed E-state index contributed by atoms with van der Waals surface area (Å²) in [6.07, 6.45) is 11.2. The summed E-state index contributed by atoms with van der Waals surface area (Å²) in [5.41, 5.74) is 2.12. The topological polar surface area (TPSA) is 85.5 Å². The molecule has 2 aromatic heterocycles. The molecule has 0 aliphatic heterocycles. The van der Waals surface area contributed by atoms with Crippen LogP contribution in [0.1, 0.15) is 29.6 Å². The van der Waals surface area contributed by atoms with Crippen molar-refractivity contribution in [1.29, 1.82) is 0 Å². The van der Waals surface area contributed by atoms with Crippen molar-refractivity contribution in [2.45, 2.75) is 25.8 Å². The van der Waals surface area contributed by atoms with Crippen LogP contribution in [0.5, 0.6) is 0 Å². The van der Waals surface area contributed by atoms with Gasteiger partial charge in [0.2, 0.25) is 5.91 Å². The molecule has 1 aliphatic rings. The molecule has 8 heteroatoms. The first-order valence-electron chi connectivity index (χ1n) is 10.9. The van der Waals surface area contributed by atoms with Gasteiger partial charge in [-0.3, -0.25) is 23.4 Å². The van der Waals surface area contributed by atoms with E-state index in [0.717, 1.165) is 18.4 Å². The van der Waals surface area contributed by atoms with Gasteiger partial charge in [0.15, 0.2) is 5.78 Å². The van der Waals surface area contributed by atoms with Crippen LogP contribution < -0.4 is 10.9 Å². The zero-order valence-electron chi connectivity index (χ0n) is 18.2. The first-order chi connectivity index (χ1) is 16.5. The van der Waals surface area contributed by atoms with Gasteiger partial charge in [-0.2, -0.15) is 0 Å². The molecule has 0 saturated heterocycles. The normalized spacial score (nSPS) is 13.3. The molecule has 0 spiro atoms. The van der Waals surface area contributed by atoms with Crippen molar-refractivity contribution in [2.75, 3.05) is 5.32 Å². The third kappa shape index (κ3) is 4.05. The van der Waals surface area contributed by atoms with Gasteiger partial charge in [0.25, 0.3) is 5.56 Å². The highest BCUT2D eigenvalue weighted by Crippen LogP contribution is 2.18. The number of aromatic nitrogens is 3. The molecule has 2 aromatic carbocycles. The summed E-state index contributed by atoms with van der Waals surface area (Å²) in [5, 5.41) is 2.73. The average Bonchev–Trinajstić information content (AvgIpc) is 3.33. The summed E-state index contributed by atoms with van der Waals surface area (Å²) in [6.45, 7) is -0.273. The lowest BCUT2D eigenvalue weighted by Crippen LogP contribution is -2.27. The summed E-state index contributed by atoms with van der Waals surface area (Å²) in [6, 6.07) is 10.9. The number of rotatable bonds is 6. The van der Waals surface area contributed by atoms with Gasteiger partial charge in [0.05, 0.1) is 30.1 Å². The molecule has 0 bridgehead atoms.